The normalized spacial score (nSPS) is 19.6. The molecule has 1 aliphatic heterocycles. The number of morpholine rings is 1. The fourth-order valence-corrected chi connectivity index (χ4v) is 1.98. The highest BCUT2D eigenvalue weighted by atomic mass is 16.5. The highest BCUT2D eigenvalue weighted by molar-refractivity contribution is 5.81. The molecule has 0 bridgehead atoms. The van der Waals surface area contributed by atoms with Gasteiger partial charge in [-0.15, -0.1) is 0 Å². The topological polar surface area (TPSA) is 54.5 Å². The number of ether oxygens (including phenoxy) is 1. The molecule has 1 saturated heterocycles. The number of aromatic nitrogens is 1. The lowest BCUT2D eigenvalue weighted by Crippen LogP contribution is -2.48. The van der Waals surface area contributed by atoms with E-state index in [1.54, 1.807) is 11.9 Å². The molecule has 1 atom stereocenters. The molecular weight excluding hydrogens is 230 g/mol. The zero-order valence-corrected chi connectivity index (χ0v) is 10.8. The van der Waals surface area contributed by atoms with Crippen molar-refractivity contribution in [2.24, 2.45) is 0 Å². The number of rotatable bonds is 3. The molecule has 0 aliphatic carbocycles. The van der Waals surface area contributed by atoms with E-state index in [0.29, 0.717) is 19.7 Å². The molecule has 18 heavy (non-hydrogen) atoms. The van der Waals surface area contributed by atoms with Crippen LogP contribution in [0.1, 0.15) is 11.4 Å². The van der Waals surface area contributed by atoms with Crippen molar-refractivity contribution in [1.82, 2.24) is 15.2 Å². The van der Waals surface area contributed by atoms with Crippen LogP contribution in [0, 0.1) is 6.92 Å². The Kier molecular flexibility index (Phi) is 4.28. The zero-order chi connectivity index (χ0) is 13.0. The van der Waals surface area contributed by atoms with Crippen LogP contribution in [-0.4, -0.2) is 48.6 Å². The summed E-state index contributed by atoms with van der Waals surface area (Å²) in [7, 11) is 1.78. The van der Waals surface area contributed by atoms with Crippen molar-refractivity contribution in [1.29, 1.82) is 0 Å². The minimum Gasteiger partial charge on any atom is -0.366 e. The third-order valence-corrected chi connectivity index (χ3v) is 2.92. The average molecular weight is 249 g/mol. The summed E-state index contributed by atoms with van der Waals surface area (Å²) in [6, 6.07) is 5.82. The summed E-state index contributed by atoms with van der Waals surface area (Å²) < 4.78 is 5.45. The maximum absolute atomic E-state index is 12.1. The van der Waals surface area contributed by atoms with E-state index in [-0.39, 0.29) is 12.0 Å². The summed E-state index contributed by atoms with van der Waals surface area (Å²) in [5, 5.41) is 3.16. The number of hydrogen-bond acceptors (Lipinski definition) is 4. The molecule has 0 radical (unpaired) electrons. The number of pyridine rings is 1. The Morgan fingerprint density at radius 1 is 1.61 bits per heavy atom. The van der Waals surface area contributed by atoms with Crippen molar-refractivity contribution in [3.63, 3.8) is 0 Å². The quantitative estimate of drug-likeness (QED) is 0.839. The largest absolute Gasteiger partial charge is 0.366 e. The highest BCUT2D eigenvalue weighted by Gasteiger charge is 2.24. The van der Waals surface area contributed by atoms with E-state index in [2.05, 4.69) is 10.3 Å². The fourth-order valence-electron chi connectivity index (χ4n) is 1.98. The van der Waals surface area contributed by atoms with Gasteiger partial charge >= 0.3 is 0 Å². The third-order valence-electron chi connectivity index (χ3n) is 2.92. The number of nitrogens with zero attached hydrogens (tertiary/aromatic N) is 2. The number of hydrogen-bond donors (Lipinski definition) is 1. The van der Waals surface area contributed by atoms with Crippen LogP contribution in [0.5, 0.6) is 0 Å². The molecule has 0 aromatic carbocycles. The summed E-state index contributed by atoms with van der Waals surface area (Å²) in [5.74, 6) is 0.00510. The van der Waals surface area contributed by atoms with Crippen LogP contribution < -0.4 is 5.32 Å². The number of aryl methyl sites for hydroxylation is 1. The molecule has 1 unspecified atom stereocenters. The summed E-state index contributed by atoms with van der Waals surface area (Å²) in [6.45, 7) is 4.45. The Labute approximate surface area is 107 Å². The van der Waals surface area contributed by atoms with E-state index < -0.39 is 0 Å². The van der Waals surface area contributed by atoms with Gasteiger partial charge < -0.3 is 15.0 Å². The van der Waals surface area contributed by atoms with E-state index in [1.165, 1.54) is 0 Å². The van der Waals surface area contributed by atoms with Crippen LogP contribution in [0.25, 0.3) is 0 Å². The number of carbonyl (C=O) groups excluding carboxylic acids is 1. The van der Waals surface area contributed by atoms with Gasteiger partial charge in [0.1, 0.15) is 6.10 Å². The minimum absolute atomic E-state index is 0.00510. The van der Waals surface area contributed by atoms with Gasteiger partial charge in [0.2, 0.25) is 0 Å². The maximum atomic E-state index is 12.1. The molecule has 1 aromatic heterocycles. The monoisotopic (exact) mass is 249 g/mol. The lowest BCUT2D eigenvalue weighted by Gasteiger charge is -2.27. The second kappa shape index (κ2) is 5.93. The first-order chi connectivity index (χ1) is 8.66. The van der Waals surface area contributed by atoms with Gasteiger partial charge in [-0.05, 0) is 19.1 Å². The molecule has 2 heterocycles. The van der Waals surface area contributed by atoms with Crippen LogP contribution in [0.15, 0.2) is 18.2 Å². The zero-order valence-electron chi connectivity index (χ0n) is 10.8. The SMILES string of the molecule is Cc1cccc(CN(C)C(=O)C2CNCCO2)n1. The Hall–Kier alpha value is -1.46. The summed E-state index contributed by atoms with van der Waals surface area (Å²) in [6.07, 6.45) is -0.367. The molecule has 5 nitrogen and oxygen atoms in total. The van der Waals surface area contributed by atoms with Crippen molar-refractivity contribution in [2.45, 2.75) is 19.6 Å². The summed E-state index contributed by atoms with van der Waals surface area (Å²) in [4.78, 5) is 18.2. The van der Waals surface area contributed by atoms with Gasteiger partial charge in [0.05, 0.1) is 18.8 Å². The number of nitrogens with one attached hydrogen (secondary N) is 1. The molecule has 5 heteroatoms. The van der Waals surface area contributed by atoms with E-state index in [4.69, 9.17) is 4.74 Å². The van der Waals surface area contributed by atoms with Gasteiger partial charge in [0.25, 0.3) is 5.91 Å². The Morgan fingerprint density at radius 2 is 2.44 bits per heavy atom. The summed E-state index contributed by atoms with van der Waals surface area (Å²) >= 11 is 0. The van der Waals surface area contributed by atoms with E-state index in [1.807, 2.05) is 25.1 Å². The number of amides is 1. The Morgan fingerprint density at radius 3 is 3.11 bits per heavy atom. The van der Waals surface area contributed by atoms with E-state index in [9.17, 15) is 4.79 Å². The molecule has 1 N–H and O–H groups in total. The van der Waals surface area contributed by atoms with Crippen molar-refractivity contribution in [2.75, 3.05) is 26.7 Å². The molecule has 1 aromatic rings. The average Bonchev–Trinajstić information content (AvgIpc) is 2.39. The first-order valence-electron chi connectivity index (χ1n) is 6.16. The Bertz CT molecular complexity index is 416. The number of likely N-dealkylation sites (N-methyl/N-ethyl adjacent to an activating group) is 1. The second-order valence-electron chi connectivity index (χ2n) is 4.53. The predicted octanol–water partition coefficient (Wildman–Crippen LogP) is 0.337. The molecule has 1 fully saturated rings. The molecular formula is C13H19N3O2. The maximum Gasteiger partial charge on any atom is 0.253 e. The molecule has 0 spiro atoms. The minimum atomic E-state index is -0.367. The van der Waals surface area contributed by atoms with Gasteiger partial charge in [0.15, 0.2) is 0 Å². The smallest absolute Gasteiger partial charge is 0.253 e. The fraction of sp³-hybridized carbons (Fsp3) is 0.538. The lowest BCUT2D eigenvalue weighted by atomic mass is 10.2. The van der Waals surface area contributed by atoms with E-state index in [0.717, 1.165) is 17.9 Å². The second-order valence-corrected chi connectivity index (χ2v) is 4.53. The summed E-state index contributed by atoms with van der Waals surface area (Å²) in [5.41, 5.74) is 1.86. The van der Waals surface area contributed by atoms with Crippen molar-refractivity contribution in [3.05, 3.63) is 29.6 Å². The van der Waals surface area contributed by atoms with Gasteiger partial charge in [-0.2, -0.15) is 0 Å². The van der Waals surface area contributed by atoms with Crippen LogP contribution >= 0.6 is 0 Å². The molecule has 1 aliphatic rings. The molecule has 2 rings (SSSR count). The van der Waals surface area contributed by atoms with Crippen molar-refractivity contribution < 1.29 is 9.53 Å². The molecule has 0 saturated carbocycles. The van der Waals surface area contributed by atoms with Gasteiger partial charge in [-0.3, -0.25) is 9.78 Å². The van der Waals surface area contributed by atoms with Crippen LogP contribution in [0.4, 0.5) is 0 Å². The Balaban J connectivity index is 1.94. The van der Waals surface area contributed by atoms with E-state index >= 15 is 0 Å². The van der Waals surface area contributed by atoms with Gasteiger partial charge in [-0.25, -0.2) is 0 Å². The number of carbonyl (C=O) groups is 1. The van der Waals surface area contributed by atoms with Gasteiger partial charge in [0, 0.05) is 25.8 Å². The van der Waals surface area contributed by atoms with Crippen LogP contribution in [-0.2, 0) is 16.1 Å². The highest BCUT2D eigenvalue weighted by Crippen LogP contribution is 2.06. The van der Waals surface area contributed by atoms with Crippen LogP contribution in [0.2, 0.25) is 0 Å². The van der Waals surface area contributed by atoms with Crippen molar-refractivity contribution >= 4 is 5.91 Å². The van der Waals surface area contributed by atoms with Gasteiger partial charge in [-0.1, -0.05) is 6.07 Å². The molecule has 98 valence electrons. The lowest BCUT2D eigenvalue weighted by molar-refractivity contribution is -0.144. The first kappa shape index (κ1) is 13.0. The first-order valence-corrected chi connectivity index (χ1v) is 6.16. The third kappa shape index (κ3) is 3.27. The molecule has 1 amide bonds. The standard InChI is InChI=1S/C13H19N3O2/c1-10-4-3-5-11(15-10)9-16(2)13(17)12-8-14-6-7-18-12/h3-5,12,14H,6-9H2,1-2H3. The predicted molar refractivity (Wildman–Crippen MR) is 68.1 cm³/mol. The van der Waals surface area contributed by atoms with Crippen molar-refractivity contribution in [3.8, 4) is 0 Å². The van der Waals surface area contributed by atoms with Crippen LogP contribution in [0.3, 0.4) is 0 Å².